The summed E-state index contributed by atoms with van der Waals surface area (Å²) in [5.74, 6) is -0.204. The Balaban J connectivity index is 1.81. The molecule has 7 nitrogen and oxygen atoms in total. The molecule has 1 fully saturated rings. The number of phenolic OH excluding ortho intramolecular Hbond substituents is 1. The molecule has 3 rings (SSSR count). The maximum atomic E-state index is 12.6. The Morgan fingerprint density at radius 2 is 1.74 bits per heavy atom. The molecule has 27 heavy (non-hydrogen) atoms. The summed E-state index contributed by atoms with van der Waals surface area (Å²) in [4.78, 5) is 36.4. The molecule has 0 unspecified atom stereocenters. The van der Waals surface area contributed by atoms with Gasteiger partial charge >= 0.3 is 0 Å². The van der Waals surface area contributed by atoms with Crippen LogP contribution >= 0.6 is 11.8 Å². The zero-order valence-electron chi connectivity index (χ0n) is 14.6. The predicted octanol–water partition coefficient (Wildman–Crippen LogP) is 4.15. The van der Waals surface area contributed by atoms with E-state index in [0.717, 1.165) is 22.2 Å². The van der Waals surface area contributed by atoms with E-state index in [2.05, 4.69) is 0 Å². The Hall–Kier alpha value is -3.13. The number of imide groups is 1. The van der Waals surface area contributed by atoms with Crippen LogP contribution < -0.4 is 0 Å². The number of nitro groups is 1. The van der Waals surface area contributed by atoms with Gasteiger partial charge in [0.2, 0.25) is 0 Å². The number of hydrogen-bond donors (Lipinski definition) is 1. The number of rotatable bonds is 4. The molecule has 0 bridgehead atoms. The van der Waals surface area contributed by atoms with Crippen molar-refractivity contribution in [3.63, 3.8) is 0 Å². The van der Waals surface area contributed by atoms with Gasteiger partial charge in [0.05, 0.1) is 16.4 Å². The first kappa shape index (κ1) is 18.7. The van der Waals surface area contributed by atoms with Crippen molar-refractivity contribution >= 4 is 34.7 Å². The third-order valence-electron chi connectivity index (χ3n) is 4.17. The third kappa shape index (κ3) is 3.85. The Bertz CT molecular complexity index is 959. The van der Waals surface area contributed by atoms with Crippen molar-refractivity contribution < 1.29 is 19.6 Å². The van der Waals surface area contributed by atoms with Crippen LogP contribution in [-0.4, -0.2) is 26.1 Å². The van der Waals surface area contributed by atoms with Crippen molar-refractivity contribution in [3.8, 4) is 5.75 Å². The van der Waals surface area contributed by atoms with Crippen molar-refractivity contribution in [2.24, 2.45) is 0 Å². The average molecular weight is 384 g/mol. The summed E-state index contributed by atoms with van der Waals surface area (Å²) in [5, 5.41) is 20.2. The van der Waals surface area contributed by atoms with Gasteiger partial charge in [-0.25, -0.2) is 0 Å². The zero-order valence-corrected chi connectivity index (χ0v) is 15.4. The first-order valence-electron chi connectivity index (χ1n) is 8.05. The number of nitrogens with zero attached hydrogens (tertiary/aromatic N) is 2. The van der Waals surface area contributed by atoms with Crippen LogP contribution in [0.1, 0.15) is 22.3 Å². The van der Waals surface area contributed by atoms with Crippen LogP contribution in [0, 0.1) is 24.0 Å². The Labute approximate surface area is 159 Å². The third-order valence-corrected chi connectivity index (χ3v) is 5.08. The number of non-ortho nitro benzene ring substituents is 1. The normalized spacial score (nSPS) is 15.6. The van der Waals surface area contributed by atoms with E-state index in [0.29, 0.717) is 21.6 Å². The van der Waals surface area contributed by atoms with Gasteiger partial charge in [0.1, 0.15) is 5.75 Å². The van der Waals surface area contributed by atoms with Crippen LogP contribution in [0.4, 0.5) is 10.5 Å². The number of nitro benzene ring substituents is 1. The second kappa shape index (κ2) is 7.24. The van der Waals surface area contributed by atoms with E-state index < -0.39 is 16.1 Å². The number of aryl methyl sites for hydroxylation is 2. The van der Waals surface area contributed by atoms with Gasteiger partial charge < -0.3 is 5.11 Å². The van der Waals surface area contributed by atoms with Gasteiger partial charge in [0, 0.05) is 12.1 Å². The van der Waals surface area contributed by atoms with E-state index in [-0.39, 0.29) is 18.0 Å². The van der Waals surface area contributed by atoms with Gasteiger partial charge in [-0.1, -0.05) is 12.1 Å². The molecular weight excluding hydrogens is 368 g/mol. The zero-order chi connectivity index (χ0) is 19.7. The number of aromatic hydroxyl groups is 1. The summed E-state index contributed by atoms with van der Waals surface area (Å²) in [6.07, 6.45) is 1.63. The maximum Gasteiger partial charge on any atom is 0.293 e. The van der Waals surface area contributed by atoms with E-state index in [4.69, 9.17) is 0 Å². The summed E-state index contributed by atoms with van der Waals surface area (Å²) in [7, 11) is 0. The molecule has 0 radical (unpaired) electrons. The molecule has 1 heterocycles. The minimum Gasteiger partial charge on any atom is -0.507 e. The quantitative estimate of drug-likeness (QED) is 0.483. The molecule has 0 atom stereocenters. The standard InChI is InChI=1S/C19H16N2O5S/c1-11-7-14(8-12(2)17(11)22)9-16-18(23)20(19(24)27-16)10-13-3-5-15(6-4-13)21(25)26/h3-9,22H,10H2,1-2H3/b16-9-. The van der Waals surface area contributed by atoms with Gasteiger partial charge in [-0.05, 0) is 66.1 Å². The van der Waals surface area contributed by atoms with E-state index in [9.17, 15) is 24.8 Å². The first-order chi connectivity index (χ1) is 12.8. The smallest absolute Gasteiger partial charge is 0.293 e. The lowest BCUT2D eigenvalue weighted by Gasteiger charge is -2.12. The topological polar surface area (TPSA) is 101 Å². The minimum atomic E-state index is -0.506. The van der Waals surface area contributed by atoms with E-state index in [1.54, 1.807) is 32.1 Å². The fourth-order valence-electron chi connectivity index (χ4n) is 2.77. The lowest BCUT2D eigenvalue weighted by Crippen LogP contribution is -2.27. The lowest BCUT2D eigenvalue weighted by atomic mass is 10.1. The van der Waals surface area contributed by atoms with Gasteiger partial charge in [-0.15, -0.1) is 0 Å². The van der Waals surface area contributed by atoms with Gasteiger partial charge in [0.25, 0.3) is 16.8 Å². The molecule has 0 aromatic heterocycles. The van der Waals surface area contributed by atoms with E-state index in [1.807, 2.05) is 0 Å². The largest absolute Gasteiger partial charge is 0.507 e. The highest BCUT2D eigenvalue weighted by molar-refractivity contribution is 8.18. The lowest BCUT2D eigenvalue weighted by molar-refractivity contribution is -0.384. The number of hydrogen-bond acceptors (Lipinski definition) is 6. The maximum absolute atomic E-state index is 12.6. The highest BCUT2D eigenvalue weighted by Gasteiger charge is 2.35. The molecule has 1 aliphatic heterocycles. The van der Waals surface area contributed by atoms with Crippen LogP contribution in [-0.2, 0) is 11.3 Å². The summed E-state index contributed by atoms with van der Waals surface area (Å²) >= 11 is 0.848. The van der Waals surface area contributed by atoms with Crippen LogP contribution in [0.15, 0.2) is 41.3 Å². The minimum absolute atomic E-state index is 0.0492. The van der Waals surface area contributed by atoms with Crippen LogP contribution in [0.25, 0.3) is 6.08 Å². The fraction of sp³-hybridized carbons (Fsp3) is 0.158. The number of amides is 2. The number of phenols is 1. The summed E-state index contributed by atoms with van der Waals surface area (Å²) in [6, 6.07) is 9.22. The van der Waals surface area contributed by atoms with Crippen molar-refractivity contribution in [2.45, 2.75) is 20.4 Å². The summed E-state index contributed by atoms with van der Waals surface area (Å²) in [6.45, 7) is 3.58. The number of benzene rings is 2. The molecule has 0 aliphatic carbocycles. The van der Waals surface area contributed by atoms with Crippen molar-refractivity contribution in [1.82, 2.24) is 4.90 Å². The van der Waals surface area contributed by atoms with Gasteiger partial charge in [-0.3, -0.25) is 24.6 Å². The molecule has 1 saturated heterocycles. The van der Waals surface area contributed by atoms with Crippen LogP contribution in [0.5, 0.6) is 5.75 Å². The van der Waals surface area contributed by atoms with Gasteiger partial charge in [0.15, 0.2) is 0 Å². The molecule has 1 aliphatic rings. The second-order valence-electron chi connectivity index (χ2n) is 6.19. The van der Waals surface area contributed by atoms with E-state index in [1.165, 1.54) is 24.3 Å². The first-order valence-corrected chi connectivity index (χ1v) is 8.87. The van der Waals surface area contributed by atoms with E-state index >= 15 is 0 Å². The molecule has 8 heteroatoms. The Kier molecular flexibility index (Phi) is 5.00. The molecule has 2 amide bonds. The fourth-order valence-corrected chi connectivity index (χ4v) is 3.60. The van der Waals surface area contributed by atoms with Crippen molar-refractivity contribution in [2.75, 3.05) is 0 Å². The van der Waals surface area contributed by atoms with Crippen LogP contribution in [0.2, 0.25) is 0 Å². The Morgan fingerprint density at radius 1 is 1.15 bits per heavy atom. The monoisotopic (exact) mass is 384 g/mol. The average Bonchev–Trinajstić information content (AvgIpc) is 2.87. The number of carbonyl (C=O) groups excluding carboxylic acids is 2. The molecule has 1 N–H and O–H groups in total. The molecule has 2 aromatic carbocycles. The SMILES string of the molecule is Cc1cc(/C=C2\SC(=O)N(Cc3ccc([N+](=O)[O-])cc3)C2=O)cc(C)c1O. The highest BCUT2D eigenvalue weighted by atomic mass is 32.2. The van der Waals surface area contributed by atoms with Crippen molar-refractivity contribution in [3.05, 3.63) is 73.7 Å². The number of thioether (sulfide) groups is 1. The van der Waals surface area contributed by atoms with Gasteiger partial charge in [-0.2, -0.15) is 0 Å². The molecule has 2 aromatic rings. The Morgan fingerprint density at radius 3 is 2.30 bits per heavy atom. The molecule has 138 valence electrons. The summed E-state index contributed by atoms with van der Waals surface area (Å²) < 4.78 is 0. The number of carbonyl (C=O) groups is 2. The molecule has 0 saturated carbocycles. The van der Waals surface area contributed by atoms with Crippen LogP contribution in [0.3, 0.4) is 0 Å². The molecule has 0 spiro atoms. The summed E-state index contributed by atoms with van der Waals surface area (Å²) in [5.41, 5.74) is 2.67. The predicted molar refractivity (Wildman–Crippen MR) is 102 cm³/mol. The second-order valence-corrected chi connectivity index (χ2v) is 7.19. The van der Waals surface area contributed by atoms with Crippen molar-refractivity contribution in [1.29, 1.82) is 0 Å². The molecular formula is C19H16N2O5S. The highest BCUT2D eigenvalue weighted by Crippen LogP contribution is 2.34.